The van der Waals surface area contributed by atoms with E-state index >= 15 is 0 Å². The standard InChI is InChI=1S/C18H29N5O/c1-24-17-7-8-19-18(20-17)23-13-16(14-23)22-11-9-21(10-12-22)15-5-3-2-4-6-15/h7-8,15-16H,2-6,9-14H2,1H3. The Labute approximate surface area is 144 Å². The highest BCUT2D eigenvalue weighted by Crippen LogP contribution is 2.26. The van der Waals surface area contributed by atoms with Crippen LogP contribution in [0.1, 0.15) is 32.1 Å². The second kappa shape index (κ2) is 7.23. The molecule has 1 aromatic heterocycles. The summed E-state index contributed by atoms with van der Waals surface area (Å²) in [5.74, 6) is 1.44. The second-order valence-corrected chi connectivity index (χ2v) is 7.32. The van der Waals surface area contributed by atoms with Crippen molar-refractivity contribution in [1.29, 1.82) is 0 Å². The average Bonchev–Trinajstić information content (AvgIpc) is 2.62. The Morgan fingerprint density at radius 1 is 0.958 bits per heavy atom. The fraction of sp³-hybridized carbons (Fsp3) is 0.778. The molecule has 0 N–H and O–H groups in total. The van der Waals surface area contributed by atoms with Crippen LogP contribution in [0.25, 0.3) is 0 Å². The molecule has 24 heavy (non-hydrogen) atoms. The summed E-state index contributed by atoms with van der Waals surface area (Å²) in [5.41, 5.74) is 0. The number of piperazine rings is 1. The molecule has 0 spiro atoms. The van der Waals surface area contributed by atoms with Crippen LogP contribution in [0.5, 0.6) is 5.88 Å². The topological polar surface area (TPSA) is 44.7 Å². The van der Waals surface area contributed by atoms with E-state index in [9.17, 15) is 0 Å². The van der Waals surface area contributed by atoms with E-state index in [-0.39, 0.29) is 0 Å². The van der Waals surface area contributed by atoms with Crippen LogP contribution in [-0.2, 0) is 0 Å². The average molecular weight is 331 g/mol. The van der Waals surface area contributed by atoms with Crippen LogP contribution in [0.3, 0.4) is 0 Å². The zero-order chi connectivity index (χ0) is 16.4. The summed E-state index contributed by atoms with van der Waals surface area (Å²) in [6.07, 6.45) is 8.93. The van der Waals surface area contributed by atoms with Crippen molar-refractivity contribution < 1.29 is 4.74 Å². The number of aromatic nitrogens is 2. The van der Waals surface area contributed by atoms with Gasteiger partial charge in [-0.25, -0.2) is 4.98 Å². The number of nitrogens with zero attached hydrogens (tertiary/aromatic N) is 5. The van der Waals surface area contributed by atoms with Crippen molar-refractivity contribution in [3.63, 3.8) is 0 Å². The van der Waals surface area contributed by atoms with Gasteiger partial charge in [-0.1, -0.05) is 19.3 Å². The van der Waals surface area contributed by atoms with Crippen LogP contribution in [0.4, 0.5) is 5.95 Å². The third-order valence-electron chi connectivity index (χ3n) is 5.93. The maximum Gasteiger partial charge on any atom is 0.228 e. The fourth-order valence-electron chi connectivity index (χ4n) is 4.36. The second-order valence-electron chi connectivity index (χ2n) is 7.32. The molecule has 3 aliphatic rings. The van der Waals surface area contributed by atoms with E-state index in [1.54, 1.807) is 19.4 Å². The molecule has 1 saturated carbocycles. The van der Waals surface area contributed by atoms with E-state index in [0.29, 0.717) is 11.9 Å². The zero-order valence-electron chi connectivity index (χ0n) is 14.7. The first-order valence-corrected chi connectivity index (χ1v) is 9.43. The van der Waals surface area contributed by atoms with Gasteiger partial charge in [-0.15, -0.1) is 0 Å². The minimum Gasteiger partial charge on any atom is -0.481 e. The Kier molecular flexibility index (Phi) is 4.85. The van der Waals surface area contributed by atoms with Gasteiger partial charge < -0.3 is 9.64 Å². The molecular formula is C18H29N5O. The van der Waals surface area contributed by atoms with Crippen molar-refractivity contribution in [3.8, 4) is 5.88 Å². The molecule has 1 aromatic rings. The molecule has 6 heteroatoms. The van der Waals surface area contributed by atoms with Crippen LogP contribution >= 0.6 is 0 Å². The molecule has 0 radical (unpaired) electrons. The molecule has 4 rings (SSSR count). The van der Waals surface area contributed by atoms with E-state index in [4.69, 9.17) is 4.74 Å². The van der Waals surface area contributed by atoms with Gasteiger partial charge in [0, 0.05) is 63.6 Å². The largest absolute Gasteiger partial charge is 0.481 e. The SMILES string of the molecule is COc1ccnc(N2CC(N3CCN(C4CCCCC4)CC3)C2)n1. The third-order valence-corrected chi connectivity index (χ3v) is 5.93. The van der Waals surface area contributed by atoms with E-state index in [1.807, 2.05) is 0 Å². The number of hydrogen-bond acceptors (Lipinski definition) is 6. The Hall–Kier alpha value is -1.40. The van der Waals surface area contributed by atoms with Crippen molar-refractivity contribution >= 4 is 5.95 Å². The number of anilines is 1. The predicted molar refractivity (Wildman–Crippen MR) is 94.6 cm³/mol. The summed E-state index contributed by atoms with van der Waals surface area (Å²) in [6.45, 7) is 7.00. The van der Waals surface area contributed by atoms with E-state index in [0.717, 1.165) is 25.1 Å². The lowest BCUT2D eigenvalue weighted by Gasteiger charge is -2.49. The predicted octanol–water partition coefficient (Wildman–Crippen LogP) is 1.62. The first-order valence-electron chi connectivity index (χ1n) is 9.43. The molecule has 0 atom stereocenters. The van der Waals surface area contributed by atoms with Gasteiger partial charge >= 0.3 is 0 Å². The minimum absolute atomic E-state index is 0.643. The van der Waals surface area contributed by atoms with Crippen LogP contribution in [0.2, 0.25) is 0 Å². The molecule has 1 aliphatic carbocycles. The number of methoxy groups -OCH3 is 1. The monoisotopic (exact) mass is 331 g/mol. The van der Waals surface area contributed by atoms with Gasteiger partial charge in [0.15, 0.2) is 0 Å². The van der Waals surface area contributed by atoms with Crippen LogP contribution in [0, 0.1) is 0 Å². The quantitative estimate of drug-likeness (QED) is 0.835. The summed E-state index contributed by atoms with van der Waals surface area (Å²) in [4.78, 5) is 16.5. The van der Waals surface area contributed by atoms with Gasteiger partial charge in [0.05, 0.1) is 7.11 Å². The lowest BCUT2D eigenvalue weighted by atomic mass is 9.93. The Bertz CT molecular complexity index is 534. The zero-order valence-corrected chi connectivity index (χ0v) is 14.7. The normalized spacial score (nSPS) is 24.8. The molecule has 0 bridgehead atoms. The minimum atomic E-state index is 0.643. The maximum absolute atomic E-state index is 5.19. The van der Waals surface area contributed by atoms with Crippen molar-refractivity contribution in [2.75, 3.05) is 51.3 Å². The van der Waals surface area contributed by atoms with Crippen LogP contribution in [-0.4, -0.2) is 78.2 Å². The Morgan fingerprint density at radius 2 is 1.62 bits per heavy atom. The number of hydrogen-bond donors (Lipinski definition) is 0. The lowest BCUT2D eigenvalue weighted by molar-refractivity contribution is 0.0485. The van der Waals surface area contributed by atoms with E-state index < -0.39 is 0 Å². The molecule has 0 amide bonds. The number of rotatable bonds is 4. The molecule has 2 aliphatic heterocycles. The van der Waals surface area contributed by atoms with Gasteiger partial charge in [0.25, 0.3) is 0 Å². The van der Waals surface area contributed by atoms with Crippen molar-refractivity contribution in [2.24, 2.45) is 0 Å². The molecule has 0 unspecified atom stereocenters. The van der Waals surface area contributed by atoms with Crippen LogP contribution in [0.15, 0.2) is 12.3 Å². The summed E-state index contributed by atoms with van der Waals surface area (Å²) >= 11 is 0. The fourth-order valence-corrected chi connectivity index (χ4v) is 4.36. The summed E-state index contributed by atoms with van der Waals surface area (Å²) in [6, 6.07) is 3.32. The molecule has 6 nitrogen and oxygen atoms in total. The maximum atomic E-state index is 5.19. The van der Waals surface area contributed by atoms with Gasteiger partial charge in [-0.3, -0.25) is 9.80 Å². The highest BCUT2D eigenvalue weighted by molar-refractivity contribution is 5.36. The first kappa shape index (κ1) is 16.1. The lowest BCUT2D eigenvalue weighted by Crippen LogP contribution is -2.64. The summed E-state index contributed by atoms with van der Waals surface area (Å²) in [5, 5.41) is 0. The first-order chi connectivity index (χ1) is 11.8. The smallest absolute Gasteiger partial charge is 0.228 e. The molecule has 3 fully saturated rings. The number of ether oxygens (including phenoxy) is 1. The summed E-state index contributed by atoms with van der Waals surface area (Å²) < 4.78 is 5.19. The van der Waals surface area contributed by atoms with E-state index in [2.05, 4.69) is 24.7 Å². The molecule has 132 valence electrons. The Morgan fingerprint density at radius 3 is 2.29 bits per heavy atom. The van der Waals surface area contributed by atoms with Crippen molar-refractivity contribution in [2.45, 2.75) is 44.2 Å². The molecular weight excluding hydrogens is 302 g/mol. The van der Waals surface area contributed by atoms with Crippen molar-refractivity contribution in [1.82, 2.24) is 19.8 Å². The molecule has 0 aromatic carbocycles. The summed E-state index contributed by atoms with van der Waals surface area (Å²) in [7, 11) is 1.65. The van der Waals surface area contributed by atoms with Gasteiger partial charge in [0.1, 0.15) is 0 Å². The van der Waals surface area contributed by atoms with Gasteiger partial charge in [0.2, 0.25) is 11.8 Å². The van der Waals surface area contributed by atoms with E-state index in [1.165, 1.54) is 58.3 Å². The van der Waals surface area contributed by atoms with Gasteiger partial charge in [-0.2, -0.15) is 4.98 Å². The van der Waals surface area contributed by atoms with Crippen LogP contribution < -0.4 is 9.64 Å². The highest BCUT2D eigenvalue weighted by Gasteiger charge is 2.35. The molecule has 3 heterocycles. The van der Waals surface area contributed by atoms with Crippen molar-refractivity contribution in [3.05, 3.63) is 12.3 Å². The third kappa shape index (κ3) is 3.35. The highest BCUT2D eigenvalue weighted by atomic mass is 16.5. The van der Waals surface area contributed by atoms with Gasteiger partial charge in [-0.05, 0) is 12.8 Å². The molecule has 2 saturated heterocycles. The Balaban J connectivity index is 1.24.